The van der Waals surface area contributed by atoms with Crippen molar-refractivity contribution >= 4 is 40.3 Å². The summed E-state index contributed by atoms with van der Waals surface area (Å²) >= 11 is -1.49. The Balaban J connectivity index is 1.70. The molecule has 0 aromatic heterocycles. The molecule has 2 atom stereocenters. The number of anilines is 1. The van der Waals surface area contributed by atoms with E-state index in [1.165, 1.54) is 7.11 Å². The minimum atomic E-state index is -1.49. The van der Waals surface area contributed by atoms with Gasteiger partial charge in [-0.1, -0.05) is 25.5 Å². The molecule has 0 aliphatic carbocycles. The van der Waals surface area contributed by atoms with E-state index in [9.17, 15) is 14.1 Å². The minimum absolute atomic E-state index is 0.158. The largest absolute Gasteiger partial charge is 0.593 e. The minimum Gasteiger partial charge on any atom is -0.593 e. The van der Waals surface area contributed by atoms with Gasteiger partial charge in [-0.25, -0.2) is 4.79 Å². The Hall–Kier alpha value is -3.34. The molecule has 1 fully saturated rings. The maximum absolute atomic E-state index is 13.6. The Morgan fingerprint density at radius 1 is 1.21 bits per heavy atom. The second-order valence-electron chi connectivity index (χ2n) is 9.08. The van der Waals surface area contributed by atoms with E-state index in [4.69, 9.17) is 9.47 Å². The van der Waals surface area contributed by atoms with Gasteiger partial charge in [0.25, 0.3) is 5.91 Å². The highest BCUT2D eigenvalue weighted by Gasteiger charge is 2.33. The molecule has 0 radical (unpaired) electrons. The first-order chi connectivity index (χ1) is 18.4. The lowest BCUT2D eigenvalue weighted by Crippen LogP contribution is -2.42. The quantitative estimate of drug-likeness (QED) is 0.370. The fraction of sp³-hybridized carbons (Fsp3) is 0.393. The number of benzene rings is 2. The molecule has 2 unspecified atom stereocenters. The summed E-state index contributed by atoms with van der Waals surface area (Å²) in [6, 6.07) is 12.4. The van der Waals surface area contributed by atoms with Gasteiger partial charge in [-0.15, -0.1) is 4.31 Å². The molecule has 1 saturated heterocycles. The van der Waals surface area contributed by atoms with Gasteiger partial charge in [0.15, 0.2) is 5.75 Å². The van der Waals surface area contributed by atoms with Crippen LogP contribution >= 0.6 is 0 Å². The Kier molecular flexibility index (Phi) is 9.09. The van der Waals surface area contributed by atoms with Crippen LogP contribution in [-0.4, -0.2) is 52.7 Å². The lowest BCUT2D eigenvalue weighted by atomic mass is 10.1. The van der Waals surface area contributed by atoms with Gasteiger partial charge < -0.3 is 24.7 Å². The zero-order valence-corrected chi connectivity index (χ0v) is 23.0. The van der Waals surface area contributed by atoms with E-state index in [0.717, 1.165) is 19.3 Å². The molecule has 10 heteroatoms. The SMILES string of the molecule is CCOC(=O)C1=C(NC(=O)c2ccc(OC)c([S+]([O-])N3CCCCC3C)c2)Nc2ccccc2N=C1CC. The highest BCUT2D eigenvalue weighted by Crippen LogP contribution is 2.33. The number of para-hydroxylation sites is 2. The van der Waals surface area contributed by atoms with Crippen LogP contribution in [-0.2, 0) is 20.9 Å². The number of piperidine rings is 1. The highest BCUT2D eigenvalue weighted by molar-refractivity contribution is 7.89. The van der Waals surface area contributed by atoms with Crippen molar-refractivity contribution in [3.8, 4) is 5.75 Å². The van der Waals surface area contributed by atoms with Gasteiger partial charge >= 0.3 is 5.97 Å². The molecule has 1 amide bonds. The van der Waals surface area contributed by atoms with Crippen molar-refractivity contribution in [1.29, 1.82) is 0 Å². The van der Waals surface area contributed by atoms with Gasteiger partial charge in [0.2, 0.25) is 4.90 Å². The molecule has 4 rings (SSSR count). The predicted molar refractivity (Wildman–Crippen MR) is 148 cm³/mol. The third-order valence-electron chi connectivity index (χ3n) is 6.58. The summed E-state index contributed by atoms with van der Waals surface area (Å²) in [7, 11) is 1.52. The van der Waals surface area contributed by atoms with Crippen molar-refractivity contribution in [3.63, 3.8) is 0 Å². The Bertz CT molecular complexity index is 1260. The number of rotatable bonds is 8. The van der Waals surface area contributed by atoms with E-state index < -0.39 is 23.2 Å². The standard InChI is InChI=1S/C28H34N4O5S/c1-5-20-25(28(34)37-6-2)26(30-22-13-8-7-12-21(22)29-20)31-27(33)19-14-15-23(36-4)24(17-19)38(35)32-16-10-9-11-18(32)3/h7-8,12-15,17-18,30H,5-6,9-11,16H2,1-4H3,(H,31,33). The van der Waals surface area contributed by atoms with Crippen molar-refractivity contribution in [2.45, 2.75) is 57.4 Å². The number of carbonyl (C=O) groups is 2. The Morgan fingerprint density at radius 2 is 2.00 bits per heavy atom. The van der Waals surface area contributed by atoms with E-state index in [2.05, 4.69) is 22.5 Å². The number of methoxy groups -OCH3 is 1. The van der Waals surface area contributed by atoms with Crippen LogP contribution in [0.2, 0.25) is 0 Å². The predicted octanol–water partition coefficient (Wildman–Crippen LogP) is 4.70. The first-order valence-electron chi connectivity index (χ1n) is 12.9. The number of esters is 1. The van der Waals surface area contributed by atoms with Gasteiger partial charge in [0, 0.05) is 18.2 Å². The number of hydrogen-bond donors (Lipinski definition) is 2. The number of ether oxygens (including phenoxy) is 2. The van der Waals surface area contributed by atoms with E-state index in [-0.39, 0.29) is 29.6 Å². The molecule has 0 saturated carbocycles. The van der Waals surface area contributed by atoms with Crippen LogP contribution in [0.3, 0.4) is 0 Å². The summed E-state index contributed by atoms with van der Waals surface area (Å²) in [5, 5.41) is 6.03. The van der Waals surface area contributed by atoms with Crippen molar-refractivity contribution < 1.29 is 23.6 Å². The summed E-state index contributed by atoms with van der Waals surface area (Å²) in [6.45, 7) is 6.56. The lowest BCUT2D eigenvalue weighted by molar-refractivity contribution is -0.137. The molecule has 2 aliphatic heterocycles. The molecule has 0 bridgehead atoms. The smallest absolute Gasteiger partial charge is 0.343 e. The summed E-state index contributed by atoms with van der Waals surface area (Å²) in [6.07, 6.45) is 3.49. The van der Waals surface area contributed by atoms with Crippen LogP contribution in [0.5, 0.6) is 5.75 Å². The summed E-state index contributed by atoms with van der Waals surface area (Å²) < 4.78 is 26.3. The zero-order valence-electron chi connectivity index (χ0n) is 22.2. The Labute approximate surface area is 226 Å². The highest BCUT2D eigenvalue weighted by atomic mass is 32.2. The van der Waals surface area contributed by atoms with Crippen molar-refractivity contribution in [2.75, 3.05) is 25.6 Å². The monoisotopic (exact) mass is 538 g/mol. The molecule has 38 heavy (non-hydrogen) atoms. The average Bonchev–Trinajstić information content (AvgIpc) is 3.08. The van der Waals surface area contributed by atoms with Gasteiger partial charge in [0.1, 0.15) is 11.4 Å². The maximum atomic E-state index is 13.6. The molecule has 2 aliphatic rings. The number of aliphatic imine (C=N–C) groups is 1. The lowest BCUT2D eigenvalue weighted by Gasteiger charge is -2.33. The molecule has 9 nitrogen and oxygen atoms in total. The van der Waals surface area contributed by atoms with Crippen molar-refractivity contribution in [1.82, 2.24) is 9.62 Å². The van der Waals surface area contributed by atoms with Crippen LogP contribution in [0.15, 0.2) is 63.7 Å². The maximum Gasteiger partial charge on any atom is 0.343 e. The second kappa shape index (κ2) is 12.5. The van der Waals surface area contributed by atoms with E-state index in [0.29, 0.717) is 40.7 Å². The summed E-state index contributed by atoms with van der Waals surface area (Å²) in [5.74, 6) is -0.427. The van der Waals surface area contributed by atoms with E-state index in [1.54, 1.807) is 25.1 Å². The van der Waals surface area contributed by atoms with Crippen LogP contribution in [0.25, 0.3) is 0 Å². The van der Waals surface area contributed by atoms with E-state index in [1.807, 2.05) is 35.5 Å². The molecular formula is C28H34N4O5S. The molecule has 202 valence electrons. The van der Waals surface area contributed by atoms with Crippen LogP contribution < -0.4 is 15.4 Å². The van der Waals surface area contributed by atoms with Crippen LogP contribution in [0.1, 0.15) is 56.8 Å². The van der Waals surface area contributed by atoms with E-state index >= 15 is 0 Å². The molecular weight excluding hydrogens is 504 g/mol. The van der Waals surface area contributed by atoms with Crippen LogP contribution in [0.4, 0.5) is 11.4 Å². The fourth-order valence-electron chi connectivity index (χ4n) is 4.58. The normalized spacial score (nSPS) is 18.4. The number of carbonyl (C=O) groups excluding carboxylic acids is 2. The molecule has 2 aromatic rings. The topological polar surface area (TPSA) is 115 Å². The third kappa shape index (κ3) is 5.87. The first kappa shape index (κ1) is 27.7. The number of nitrogens with one attached hydrogen (secondary N) is 2. The number of fused-ring (bicyclic) bond motifs is 1. The average molecular weight is 539 g/mol. The second-order valence-corrected chi connectivity index (χ2v) is 10.5. The van der Waals surface area contributed by atoms with Crippen LogP contribution in [0, 0.1) is 0 Å². The number of amides is 1. The first-order valence-corrected chi connectivity index (χ1v) is 14.0. The summed E-state index contributed by atoms with van der Waals surface area (Å²) in [4.78, 5) is 31.7. The van der Waals surface area contributed by atoms with Crippen molar-refractivity contribution in [2.24, 2.45) is 4.99 Å². The van der Waals surface area contributed by atoms with Gasteiger partial charge in [-0.3, -0.25) is 9.79 Å². The molecule has 2 heterocycles. The number of hydrogen-bond acceptors (Lipinski definition) is 8. The summed E-state index contributed by atoms with van der Waals surface area (Å²) in [5.41, 5.74) is 2.23. The fourth-order valence-corrected chi connectivity index (χ4v) is 6.11. The molecule has 2 N–H and O–H groups in total. The third-order valence-corrected chi connectivity index (χ3v) is 8.24. The molecule has 0 spiro atoms. The Morgan fingerprint density at radius 3 is 2.71 bits per heavy atom. The number of nitrogens with zero attached hydrogens (tertiary/aromatic N) is 2. The van der Waals surface area contributed by atoms with Gasteiger partial charge in [0.05, 0.1) is 48.2 Å². The van der Waals surface area contributed by atoms with Gasteiger partial charge in [-0.2, -0.15) is 0 Å². The zero-order chi connectivity index (χ0) is 27.2. The van der Waals surface area contributed by atoms with Crippen molar-refractivity contribution in [3.05, 3.63) is 59.4 Å². The van der Waals surface area contributed by atoms with Gasteiger partial charge in [-0.05, 0) is 57.4 Å². The molecule has 2 aromatic carbocycles.